The topological polar surface area (TPSA) is 59.1 Å². The quantitative estimate of drug-likeness (QED) is 0.750. The zero-order valence-electron chi connectivity index (χ0n) is 5.71. The van der Waals surface area contributed by atoms with Gasteiger partial charge in [-0.05, 0) is 15.9 Å². The minimum atomic E-state index is -0.164. The standard InChI is InChI=1S/C7H7BrN2O/c1-2-4-5(8)3-10-7(11)6(4)9/h2-3H,1,9H2,(H,10,11). The van der Waals surface area contributed by atoms with Crippen LogP contribution in [0.25, 0.3) is 6.08 Å². The fraction of sp³-hybridized carbons (Fsp3) is 0. The molecule has 58 valence electrons. The SMILES string of the molecule is C=Cc1c(Br)cnc(O)c1N. The van der Waals surface area contributed by atoms with Gasteiger partial charge in [-0.1, -0.05) is 12.7 Å². The van der Waals surface area contributed by atoms with Gasteiger partial charge in [-0.2, -0.15) is 0 Å². The number of aromatic hydroxyl groups is 1. The van der Waals surface area contributed by atoms with Crippen LogP contribution < -0.4 is 5.73 Å². The molecule has 3 N–H and O–H groups in total. The molecule has 0 atom stereocenters. The van der Waals surface area contributed by atoms with E-state index in [1.54, 1.807) is 6.08 Å². The van der Waals surface area contributed by atoms with Crippen molar-refractivity contribution in [3.05, 3.63) is 22.8 Å². The van der Waals surface area contributed by atoms with Crippen LogP contribution in [0.3, 0.4) is 0 Å². The maximum Gasteiger partial charge on any atom is 0.235 e. The third-order valence-corrected chi connectivity index (χ3v) is 1.92. The molecule has 1 aromatic rings. The molecule has 0 unspecified atom stereocenters. The smallest absolute Gasteiger partial charge is 0.235 e. The van der Waals surface area contributed by atoms with Crippen LogP contribution in [-0.2, 0) is 0 Å². The summed E-state index contributed by atoms with van der Waals surface area (Å²) >= 11 is 3.22. The first-order chi connectivity index (χ1) is 5.16. The lowest BCUT2D eigenvalue weighted by Gasteiger charge is -2.03. The van der Waals surface area contributed by atoms with Gasteiger partial charge in [0.1, 0.15) is 5.69 Å². The van der Waals surface area contributed by atoms with Gasteiger partial charge >= 0.3 is 0 Å². The second-order valence-corrected chi connectivity index (χ2v) is 2.82. The number of hydrogen-bond acceptors (Lipinski definition) is 3. The van der Waals surface area contributed by atoms with Crippen LogP contribution in [0.15, 0.2) is 17.2 Å². The van der Waals surface area contributed by atoms with E-state index in [1.165, 1.54) is 6.20 Å². The number of halogens is 1. The van der Waals surface area contributed by atoms with Crippen molar-refractivity contribution < 1.29 is 5.11 Å². The molecule has 1 aromatic heterocycles. The van der Waals surface area contributed by atoms with E-state index in [-0.39, 0.29) is 11.6 Å². The second kappa shape index (κ2) is 2.92. The van der Waals surface area contributed by atoms with Gasteiger partial charge in [-0.3, -0.25) is 0 Å². The normalized spacial score (nSPS) is 9.55. The van der Waals surface area contributed by atoms with Crippen molar-refractivity contribution in [2.45, 2.75) is 0 Å². The van der Waals surface area contributed by atoms with Crippen LogP contribution in [0.2, 0.25) is 0 Å². The molecule has 4 heteroatoms. The predicted molar refractivity (Wildman–Crippen MR) is 48.1 cm³/mol. The van der Waals surface area contributed by atoms with Crippen molar-refractivity contribution in [3.8, 4) is 5.88 Å². The van der Waals surface area contributed by atoms with E-state index < -0.39 is 0 Å². The molecule has 11 heavy (non-hydrogen) atoms. The first kappa shape index (κ1) is 8.07. The van der Waals surface area contributed by atoms with E-state index in [0.717, 1.165) is 4.47 Å². The molecule has 1 heterocycles. The first-order valence-corrected chi connectivity index (χ1v) is 3.71. The van der Waals surface area contributed by atoms with Gasteiger partial charge in [0, 0.05) is 16.2 Å². The molecule has 0 saturated heterocycles. The highest BCUT2D eigenvalue weighted by Gasteiger charge is 2.05. The Bertz CT molecular complexity index is 299. The van der Waals surface area contributed by atoms with Gasteiger partial charge < -0.3 is 10.8 Å². The van der Waals surface area contributed by atoms with E-state index in [1.807, 2.05) is 0 Å². The maximum atomic E-state index is 9.05. The Kier molecular flexibility index (Phi) is 2.14. The molecule has 0 aliphatic carbocycles. The van der Waals surface area contributed by atoms with Crippen molar-refractivity contribution >= 4 is 27.7 Å². The van der Waals surface area contributed by atoms with Crippen LogP contribution in [0, 0.1) is 0 Å². The number of anilines is 1. The highest BCUT2D eigenvalue weighted by Crippen LogP contribution is 2.28. The molecule has 0 fully saturated rings. The molecule has 3 nitrogen and oxygen atoms in total. The summed E-state index contributed by atoms with van der Waals surface area (Å²) in [5.74, 6) is -0.164. The summed E-state index contributed by atoms with van der Waals surface area (Å²) < 4.78 is 0.725. The summed E-state index contributed by atoms with van der Waals surface area (Å²) in [5.41, 5.74) is 6.39. The lowest BCUT2D eigenvalue weighted by molar-refractivity contribution is 0.456. The Morgan fingerprint density at radius 2 is 2.36 bits per heavy atom. The van der Waals surface area contributed by atoms with Crippen molar-refractivity contribution in [1.29, 1.82) is 0 Å². The Morgan fingerprint density at radius 3 is 2.82 bits per heavy atom. The lowest BCUT2D eigenvalue weighted by atomic mass is 10.2. The number of aromatic nitrogens is 1. The van der Waals surface area contributed by atoms with Crippen LogP contribution in [0.5, 0.6) is 5.88 Å². The maximum absolute atomic E-state index is 9.05. The minimum Gasteiger partial charge on any atom is -0.492 e. The Morgan fingerprint density at radius 1 is 1.73 bits per heavy atom. The number of pyridine rings is 1. The van der Waals surface area contributed by atoms with Gasteiger partial charge in [-0.25, -0.2) is 4.98 Å². The first-order valence-electron chi connectivity index (χ1n) is 2.92. The van der Waals surface area contributed by atoms with Gasteiger partial charge in [0.15, 0.2) is 0 Å². The number of hydrogen-bond donors (Lipinski definition) is 2. The van der Waals surface area contributed by atoms with Crippen LogP contribution >= 0.6 is 15.9 Å². The molecule has 0 aliphatic heterocycles. The van der Waals surface area contributed by atoms with E-state index in [0.29, 0.717) is 5.56 Å². The predicted octanol–water partition coefficient (Wildman–Crippen LogP) is 1.77. The van der Waals surface area contributed by atoms with Crippen molar-refractivity contribution in [2.75, 3.05) is 5.73 Å². The summed E-state index contributed by atoms with van der Waals surface area (Å²) in [6.07, 6.45) is 3.03. The molecule has 0 aromatic carbocycles. The Balaban J connectivity index is 3.40. The van der Waals surface area contributed by atoms with Crippen LogP contribution in [-0.4, -0.2) is 10.1 Å². The van der Waals surface area contributed by atoms with E-state index >= 15 is 0 Å². The molecular weight excluding hydrogens is 208 g/mol. The minimum absolute atomic E-state index is 0.164. The average Bonchev–Trinajstić information content (AvgIpc) is 1.99. The molecule has 0 spiro atoms. The Hall–Kier alpha value is -1.03. The van der Waals surface area contributed by atoms with Gasteiger partial charge in [0.05, 0.1) is 0 Å². The third-order valence-electron chi connectivity index (χ3n) is 1.29. The highest BCUT2D eigenvalue weighted by molar-refractivity contribution is 9.10. The third kappa shape index (κ3) is 1.35. The largest absolute Gasteiger partial charge is 0.492 e. The molecule has 0 amide bonds. The van der Waals surface area contributed by atoms with Crippen LogP contribution in [0.1, 0.15) is 5.56 Å². The van der Waals surface area contributed by atoms with E-state index in [2.05, 4.69) is 27.5 Å². The lowest BCUT2D eigenvalue weighted by Crippen LogP contribution is -1.92. The van der Waals surface area contributed by atoms with Crippen LogP contribution in [0.4, 0.5) is 5.69 Å². The van der Waals surface area contributed by atoms with Gasteiger partial charge in [0.25, 0.3) is 0 Å². The zero-order valence-corrected chi connectivity index (χ0v) is 7.30. The van der Waals surface area contributed by atoms with E-state index in [9.17, 15) is 0 Å². The second-order valence-electron chi connectivity index (χ2n) is 1.96. The number of nitrogen functional groups attached to an aromatic ring is 1. The summed E-state index contributed by atoms with van der Waals surface area (Å²) in [5, 5.41) is 9.05. The molecule has 0 saturated carbocycles. The van der Waals surface area contributed by atoms with Crippen molar-refractivity contribution in [2.24, 2.45) is 0 Å². The fourth-order valence-corrected chi connectivity index (χ4v) is 1.19. The Labute approximate surface area is 72.7 Å². The summed E-state index contributed by atoms with van der Waals surface area (Å²) in [6.45, 7) is 3.54. The molecule has 0 aliphatic rings. The van der Waals surface area contributed by atoms with Crippen molar-refractivity contribution in [3.63, 3.8) is 0 Å². The molecule has 0 radical (unpaired) electrons. The fourth-order valence-electron chi connectivity index (χ4n) is 0.713. The van der Waals surface area contributed by atoms with Gasteiger partial charge in [-0.15, -0.1) is 0 Å². The van der Waals surface area contributed by atoms with Gasteiger partial charge in [0.2, 0.25) is 5.88 Å². The summed E-state index contributed by atoms with van der Waals surface area (Å²) in [4.78, 5) is 3.62. The highest BCUT2D eigenvalue weighted by atomic mass is 79.9. The number of nitrogens with zero attached hydrogens (tertiary/aromatic N) is 1. The number of rotatable bonds is 1. The molecule has 1 rings (SSSR count). The zero-order chi connectivity index (χ0) is 8.43. The average molecular weight is 215 g/mol. The summed E-state index contributed by atoms with van der Waals surface area (Å²) in [7, 11) is 0. The molecular formula is C7H7BrN2O. The molecule has 0 bridgehead atoms. The monoisotopic (exact) mass is 214 g/mol. The summed E-state index contributed by atoms with van der Waals surface area (Å²) in [6, 6.07) is 0. The van der Waals surface area contributed by atoms with Crippen molar-refractivity contribution in [1.82, 2.24) is 4.98 Å². The number of nitrogens with two attached hydrogens (primary N) is 1. The van der Waals surface area contributed by atoms with E-state index in [4.69, 9.17) is 10.8 Å².